The second-order valence-electron chi connectivity index (χ2n) is 7.17. The van der Waals surface area contributed by atoms with E-state index < -0.39 is 5.60 Å². The molecule has 0 aromatic heterocycles. The van der Waals surface area contributed by atoms with Crippen LogP contribution in [-0.4, -0.2) is 55.5 Å². The van der Waals surface area contributed by atoms with Crippen LogP contribution < -0.4 is 5.32 Å². The third-order valence-corrected chi connectivity index (χ3v) is 3.90. The van der Waals surface area contributed by atoms with Crippen molar-refractivity contribution in [2.75, 3.05) is 26.8 Å². The number of piperidine rings is 1. The average molecular weight is 314 g/mol. The fraction of sp³-hybridized carbons (Fsp3) is 0.941. The van der Waals surface area contributed by atoms with E-state index in [9.17, 15) is 4.79 Å². The topological polar surface area (TPSA) is 50.8 Å². The van der Waals surface area contributed by atoms with E-state index in [1.807, 2.05) is 25.7 Å². The highest BCUT2D eigenvalue weighted by atomic mass is 16.6. The number of nitrogens with one attached hydrogen (secondary N) is 1. The molecule has 0 bridgehead atoms. The van der Waals surface area contributed by atoms with Crippen molar-refractivity contribution in [2.45, 2.75) is 77.5 Å². The fourth-order valence-corrected chi connectivity index (χ4v) is 2.87. The lowest BCUT2D eigenvalue weighted by Crippen LogP contribution is -2.51. The van der Waals surface area contributed by atoms with Crippen LogP contribution in [0.1, 0.15) is 59.8 Å². The van der Waals surface area contributed by atoms with Gasteiger partial charge in [0, 0.05) is 32.3 Å². The molecule has 0 radical (unpaired) electrons. The minimum Gasteiger partial charge on any atom is -0.444 e. The summed E-state index contributed by atoms with van der Waals surface area (Å²) in [5.74, 6) is 0. The SMILES string of the molecule is CCCC(COC)NCC1CCCCN1C(=O)OC(C)(C)C. The molecule has 1 rings (SSSR count). The summed E-state index contributed by atoms with van der Waals surface area (Å²) in [4.78, 5) is 14.3. The third-order valence-electron chi connectivity index (χ3n) is 3.90. The van der Waals surface area contributed by atoms with Crippen molar-refractivity contribution >= 4 is 6.09 Å². The van der Waals surface area contributed by atoms with E-state index in [1.165, 1.54) is 6.42 Å². The number of amides is 1. The van der Waals surface area contributed by atoms with Gasteiger partial charge in [0.25, 0.3) is 0 Å². The lowest BCUT2D eigenvalue weighted by atomic mass is 10.0. The molecule has 2 atom stereocenters. The van der Waals surface area contributed by atoms with Gasteiger partial charge in [0.05, 0.1) is 6.61 Å². The lowest BCUT2D eigenvalue weighted by molar-refractivity contribution is 0.00927. The highest BCUT2D eigenvalue weighted by Gasteiger charge is 2.30. The molecule has 1 saturated heterocycles. The Morgan fingerprint density at radius 3 is 2.68 bits per heavy atom. The lowest BCUT2D eigenvalue weighted by Gasteiger charge is -2.37. The maximum atomic E-state index is 12.4. The van der Waals surface area contributed by atoms with Crippen molar-refractivity contribution in [3.05, 3.63) is 0 Å². The summed E-state index contributed by atoms with van der Waals surface area (Å²) in [7, 11) is 1.73. The maximum absolute atomic E-state index is 12.4. The average Bonchev–Trinajstić information content (AvgIpc) is 2.44. The molecule has 1 heterocycles. The molecule has 0 aromatic carbocycles. The molecule has 5 heteroatoms. The second kappa shape index (κ2) is 9.36. The van der Waals surface area contributed by atoms with Crippen LogP contribution in [0.15, 0.2) is 0 Å². The zero-order chi connectivity index (χ0) is 16.6. The van der Waals surface area contributed by atoms with Crippen LogP contribution in [0.2, 0.25) is 0 Å². The Morgan fingerprint density at radius 1 is 1.36 bits per heavy atom. The molecule has 1 fully saturated rings. The standard InChI is InChI=1S/C17H34N2O3/c1-6-9-14(13-21-5)18-12-15-10-7-8-11-19(15)16(20)22-17(2,3)4/h14-15,18H,6-13H2,1-5H3. The second-order valence-corrected chi connectivity index (χ2v) is 7.17. The molecule has 0 aromatic rings. The van der Waals surface area contributed by atoms with Crippen molar-refractivity contribution in [1.29, 1.82) is 0 Å². The summed E-state index contributed by atoms with van der Waals surface area (Å²) in [5.41, 5.74) is -0.437. The summed E-state index contributed by atoms with van der Waals surface area (Å²) in [6.07, 6.45) is 5.31. The van der Waals surface area contributed by atoms with Crippen molar-refractivity contribution in [1.82, 2.24) is 10.2 Å². The molecule has 0 saturated carbocycles. The smallest absolute Gasteiger partial charge is 0.410 e. The number of likely N-dealkylation sites (tertiary alicyclic amines) is 1. The number of carbonyl (C=O) groups excluding carboxylic acids is 1. The van der Waals surface area contributed by atoms with Gasteiger partial charge in [-0.25, -0.2) is 4.79 Å². The molecule has 1 amide bonds. The van der Waals surface area contributed by atoms with Crippen molar-refractivity contribution in [2.24, 2.45) is 0 Å². The predicted octanol–water partition coefficient (Wildman–Crippen LogP) is 3.18. The normalized spacial score (nSPS) is 20.8. The van der Waals surface area contributed by atoms with Gasteiger partial charge >= 0.3 is 6.09 Å². The highest BCUT2D eigenvalue weighted by molar-refractivity contribution is 5.68. The Morgan fingerprint density at radius 2 is 2.09 bits per heavy atom. The molecule has 1 aliphatic heterocycles. The zero-order valence-electron chi connectivity index (χ0n) is 15.0. The van der Waals surface area contributed by atoms with Crippen LogP contribution in [0.4, 0.5) is 4.79 Å². The van der Waals surface area contributed by atoms with Gasteiger partial charge in [-0.2, -0.15) is 0 Å². The molecular weight excluding hydrogens is 280 g/mol. The van der Waals surface area contributed by atoms with Gasteiger partial charge < -0.3 is 19.7 Å². The molecule has 5 nitrogen and oxygen atoms in total. The van der Waals surface area contributed by atoms with Crippen molar-refractivity contribution < 1.29 is 14.3 Å². The van der Waals surface area contributed by atoms with Crippen LogP contribution in [0.5, 0.6) is 0 Å². The van der Waals surface area contributed by atoms with Gasteiger partial charge in [-0.05, 0) is 46.5 Å². The number of rotatable bonds is 7. The summed E-state index contributed by atoms with van der Waals surface area (Å²) in [6, 6.07) is 0.581. The van der Waals surface area contributed by atoms with Gasteiger partial charge in [-0.1, -0.05) is 13.3 Å². The summed E-state index contributed by atoms with van der Waals surface area (Å²) in [6.45, 7) is 10.2. The van der Waals surface area contributed by atoms with Gasteiger partial charge in [0.1, 0.15) is 5.60 Å². The fourth-order valence-electron chi connectivity index (χ4n) is 2.87. The van der Waals surface area contributed by atoms with Crippen LogP contribution in [0.25, 0.3) is 0 Å². The van der Waals surface area contributed by atoms with Crippen molar-refractivity contribution in [3.8, 4) is 0 Å². The van der Waals surface area contributed by atoms with E-state index in [4.69, 9.17) is 9.47 Å². The quantitative estimate of drug-likeness (QED) is 0.784. The molecule has 1 N–H and O–H groups in total. The van der Waals surface area contributed by atoms with E-state index in [2.05, 4.69) is 12.2 Å². The minimum atomic E-state index is -0.437. The Bertz CT molecular complexity index is 322. The maximum Gasteiger partial charge on any atom is 0.410 e. The first kappa shape index (κ1) is 19.2. The Balaban J connectivity index is 2.55. The summed E-state index contributed by atoms with van der Waals surface area (Å²) >= 11 is 0. The first-order valence-electron chi connectivity index (χ1n) is 8.59. The number of carbonyl (C=O) groups is 1. The number of nitrogens with zero attached hydrogens (tertiary/aromatic N) is 1. The number of methoxy groups -OCH3 is 1. The molecule has 0 spiro atoms. The molecule has 2 unspecified atom stereocenters. The van der Waals surface area contributed by atoms with Gasteiger partial charge in [0.15, 0.2) is 0 Å². The van der Waals surface area contributed by atoms with Crippen LogP contribution in [0.3, 0.4) is 0 Å². The van der Waals surface area contributed by atoms with E-state index in [-0.39, 0.29) is 12.1 Å². The van der Waals surface area contributed by atoms with E-state index in [1.54, 1.807) is 7.11 Å². The number of hydrogen-bond acceptors (Lipinski definition) is 4. The van der Waals surface area contributed by atoms with Crippen molar-refractivity contribution in [3.63, 3.8) is 0 Å². The summed E-state index contributed by atoms with van der Waals surface area (Å²) in [5, 5.41) is 3.56. The third kappa shape index (κ3) is 6.97. The first-order valence-corrected chi connectivity index (χ1v) is 8.59. The molecule has 130 valence electrons. The van der Waals surface area contributed by atoms with E-state index in [0.29, 0.717) is 12.6 Å². The van der Waals surface area contributed by atoms with Crippen LogP contribution >= 0.6 is 0 Å². The number of hydrogen-bond donors (Lipinski definition) is 1. The minimum absolute atomic E-state index is 0.183. The molecule has 22 heavy (non-hydrogen) atoms. The van der Waals surface area contributed by atoms with E-state index >= 15 is 0 Å². The first-order chi connectivity index (χ1) is 10.4. The van der Waals surface area contributed by atoms with Gasteiger partial charge in [-0.3, -0.25) is 0 Å². The summed E-state index contributed by atoms with van der Waals surface area (Å²) < 4.78 is 10.8. The predicted molar refractivity (Wildman–Crippen MR) is 89.2 cm³/mol. The molecule has 1 aliphatic rings. The number of ether oxygens (including phenoxy) is 2. The largest absolute Gasteiger partial charge is 0.444 e. The zero-order valence-corrected chi connectivity index (χ0v) is 15.0. The van der Waals surface area contributed by atoms with Crippen LogP contribution in [-0.2, 0) is 9.47 Å². The Labute approximate surface area is 135 Å². The monoisotopic (exact) mass is 314 g/mol. The van der Waals surface area contributed by atoms with Gasteiger partial charge in [-0.15, -0.1) is 0 Å². The Kier molecular flexibility index (Phi) is 8.18. The highest BCUT2D eigenvalue weighted by Crippen LogP contribution is 2.20. The molecule has 0 aliphatic carbocycles. The Hall–Kier alpha value is -0.810. The van der Waals surface area contributed by atoms with Crippen LogP contribution in [0, 0.1) is 0 Å². The van der Waals surface area contributed by atoms with E-state index in [0.717, 1.165) is 38.8 Å². The van der Waals surface area contributed by atoms with Gasteiger partial charge in [0.2, 0.25) is 0 Å². The molecular formula is C17H34N2O3.